The summed E-state index contributed by atoms with van der Waals surface area (Å²) in [6, 6.07) is 16.5. The number of rotatable bonds is 8. The first-order chi connectivity index (χ1) is 14.7. The molecule has 1 aliphatic rings. The predicted octanol–water partition coefficient (Wildman–Crippen LogP) is 4.61. The lowest BCUT2D eigenvalue weighted by molar-refractivity contribution is 0.0944. The van der Waals surface area contributed by atoms with Gasteiger partial charge >= 0.3 is 0 Å². The van der Waals surface area contributed by atoms with Gasteiger partial charge in [-0.3, -0.25) is 4.79 Å². The van der Waals surface area contributed by atoms with Crippen LogP contribution in [0.2, 0.25) is 0 Å². The number of hydrogen-bond acceptors (Lipinski definition) is 4. The summed E-state index contributed by atoms with van der Waals surface area (Å²) < 4.78 is 5.90. The highest BCUT2D eigenvalue weighted by atomic mass is 16.3. The Morgan fingerprint density at radius 2 is 1.90 bits per heavy atom. The molecule has 0 aliphatic heterocycles. The lowest BCUT2D eigenvalue weighted by Gasteiger charge is -2.31. The summed E-state index contributed by atoms with van der Waals surface area (Å²) in [5.74, 6) is 0.650. The highest BCUT2D eigenvalue weighted by Gasteiger charge is 2.18. The fraction of sp³-hybridized carbons (Fsp3) is 0.440. The molecule has 1 fully saturated rings. The molecular formula is C25H31N3O2. The smallest absolute Gasteiger partial charge is 0.251 e. The first-order valence-electron chi connectivity index (χ1n) is 11.1. The number of nitrogens with one attached hydrogen (secondary N) is 1. The van der Waals surface area contributed by atoms with Crippen LogP contribution in [-0.4, -0.2) is 42.0 Å². The van der Waals surface area contributed by atoms with Crippen molar-refractivity contribution in [3.8, 4) is 0 Å². The van der Waals surface area contributed by atoms with Crippen LogP contribution < -0.4 is 5.32 Å². The third kappa shape index (κ3) is 5.28. The molecule has 1 saturated carbocycles. The van der Waals surface area contributed by atoms with Crippen molar-refractivity contribution >= 4 is 17.0 Å². The number of nitrogens with zero attached hydrogens (tertiary/aromatic N) is 2. The van der Waals surface area contributed by atoms with Gasteiger partial charge in [-0.1, -0.05) is 49.6 Å². The van der Waals surface area contributed by atoms with Gasteiger partial charge in [0.1, 0.15) is 5.52 Å². The number of fused-ring (bicyclic) bond motifs is 1. The van der Waals surface area contributed by atoms with Crippen molar-refractivity contribution < 1.29 is 9.21 Å². The topological polar surface area (TPSA) is 58.4 Å². The van der Waals surface area contributed by atoms with Gasteiger partial charge < -0.3 is 14.6 Å². The quantitative estimate of drug-likeness (QED) is 0.595. The van der Waals surface area contributed by atoms with E-state index in [1.165, 1.54) is 37.7 Å². The summed E-state index contributed by atoms with van der Waals surface area (Å²) in [6.07, 6.45) is 8.19. The molecule has 2 aromatic carbocycles. The monoisotopic (exact) mass is 405 g/mol. The van der Waals surface area contributed by atoms with Gasteiger partial charge in [0.2, 0.25) is 0 Å². The van der Waals surface area contributed by atoms with Crippen LogP contribution in [0.5, 0.6) is 0 Å². The molecule has 1 aromatic heterocycles. The number of aromatic nitrogens is 1. The number of aryl methyl sites for hydroxylation is 2. The number of oxazole rings is 1. The maximum absolute atomic E-state index is 12.6. The number of amides is 1. The minimum absolute atomic E-state index is 0.0591. The van der Waals surface area contributed by atoms with Crippen LogP contribution in [0.15, 0.2) is 52.9 Å². The molecule has 30 heavy (non-hydrogen) atoms. The molecule has 1 N–H and O–H groups in total. The van der Waals surface area contributed by atoms with Gasteiger partial charge in [-0.25, -0.2) is 4.98 Å². The maximum Gasteiger partial charge on any atom is 0.251 e. The van der Waals surface area contributed by atoms with Crippen molar-refractivity contribution in [1.82, 2.24) is 15.2 Å². The number of hydrogen-bond donors (Lipinski definition) is 1. The minimum Gasteiger partial charge on any atom is -0.441 e. The highest BCUT2D eigenvalue weighted by molar-refractivity contribution is 5.97. The highest BCUT2D eigenvalue weighted by Crippen LogP contribution is 2.21. The van der Waals surface area contributed by atoms with E-state index in [1.807, 2.05) is 30.3 Å². The van der Waals surface area contributed by atoms with Crippen LogP contribution in [0.3, 0.4) is 0 Å². The summed E-state index contributed by atoms with van der Waals surface area (Å²) in [4.78, 5) is 19.5. The molecule has 0 atom stereocenters. The zero-order valence-corrected chi connectivity index (χ0v) is 17.8. The molecule has 0 bridgehead atoms. The van der Waals surface area contributed by atoms with Gasteiger partial charge in [-0.15, -0.1) is 0 Å². The first kappa shape index (κ1) is 20.6. The molecule has 1 heterocycles. The molecule has 1 amide bonds. The molecule has 0 saturated heterocycles. The molecule has 1 aliphatic carbocycles. The van der Waals surface area contributed by atoms with Crippen molar-refractivity contribution in [3.63, 3.8) is 0 Å². The van der Waals surface area contributed by atoms with Crippen LogP contribution in [0.25, 0.3) is 11.1 Å². The van der Waals surface area contributed by atoms with Crippen molar-refractivity contribution in [2.45, 2.75) is 51.0 Å². The number of carbonyl (C=O) groups is 1. The van der Waals surface area contributed by atoms with Crippen molar-refractivity contribution in [3.05, 3.63) is 65.5 Å². The van der Waals surface area contributed by atoms with E-state index in [0.29, 0.717) is 29.6 Å². The fourth-order valence-corrected chi connectivity index (χ4v) is 4.27. The Kier molecular flexibility index (Phi) is 6.80. The predicted molar refractivity (Wildman–Crippen MR) is 120 cm³/mol. The summed E-state index contributed by atoms with van der Waals surface area (Å²) >= 11 is 0. The van der Waals surface area contributed by atoms with Gasteiger partial charge in [0.25, 0.3) is 5.91 Å². The van der Waals surface area contributed by atoms with Crippen LogP contribution in [-0.2, 0) is 12.8 Å². The zero-order valence-electron chi connectivity index (χ0n) is 17.8. The Bertz CT molecular complexity index is 961. The van der Waals surface area contributed by atoms with E-state index in [-0.39, 0.29) is 5.91 Å². The van der Waals surface area contributed by atoms with E-state index in [9.17, 15) is 4.79 Å². The van der Waals surface area contributed by atoms with Crippen LogP contribution in [0.4, 0.5) is 0 Å². The average molecular weight is 406 g/mol. The summed E-state index contributed by atoms with van der Waals surface area (Å²) in [6.45, 7) is 1.53. The standard InChI is InChI=1S/C25H31N3O2/c1-28(21-10-6-3-7-11-21)17-16-26-25(29)20-13-14-22-23(18-20)30-24(27-22)15-12-19-8-4-2-5-9-19/h2,4-5,8-9,13-14,18,21H,3,6-7,10-12,15-17H2,1H3,(H,26,29). The SMILES string of the molecule is CN(CCNC(=O)c1ccc2nc(CCc3ccccc3)oc2c1)C1CCCCC1. The van der Waals surface area contributed by atoms with E-state index in [1.54, 1.807) is 6.07 Å². The average Bonchev–Trinajstić information content (AvgIpc) is 3.21. The lowest BCUT2D eigenvalue weighted by Crippen LogP contribution is -2.39. The minimum atomic E-state index is -0.0591. The second-order valence-corrected chi connectivity index (χ2v) is 8.30. The van der Waals surface area contributed by atoms with Gasteiger partial charge in [-0.2, -0.15) is 0 Å². The van der Waals surface area contributed by atoms with E-state index in [2.05, 4.69) is 34.4 Å². The second-order valence-electron chi connectivity index (χ2n) is 8.30. The molecule has 0 radical (unpaired) electrons. The Morgan fingerprint density at radius 3 is 2.70 bits per heavy atom. The molecule has 0 unspecified atom stereocenters. The zero-order chi connectivity index (χ0) is 20.8. The van der Waals surface area contributed by atoms with Crippen LogP contribution in [0.1, 0.15) is 53.9 Å². The Balaban J connectivity index is 1.30. The summed E-state index contributed by atoms with van der Waals surface area (Å²) in [5, 5.41) is 3.04. The molecule has 4 rings (SSSR count). The third-order valence-corrected chi connectivity index (χ3v) is 6.11. The van der Waals surface area contributed by atoms with Gasteiger partial charge in [-0.05, 0) is 50.1 Å². The summed E-state index contributed by atoms with van der Waals surface area (Å²) in [5.41, 5.74) is 3.35. The molecule has 158 valence electrons. The van der Waals surface area contributed by atoms with Crippen LogP contribution in [0, 0.1) is 0 Å². The molecule has 0 spiro atoms. The van der Waals surface area contributed by atoms with E-state index < -0.39 is 0 Å². The van der Waals surface area contributed by atoms with Crippen LogP contribution >= 0.6 is 0 Å². The first-order valence-corrected chi connectivity index (χ1v) is 11.1. The Morgan fingerprint density at radius 1 is 1.10 bits per heavy atom. The van der Waals surface area contributed by atoms with Gasteiger partial charge in [0.05, 0.1) is 0 Å². The van der Waals surface area contributed by atoms with E-state index >= 15 is 0 Å². The Labute approximate surface area is 178 Å². The maximum atomic E-state index is 12.6. The largest absolute Gasteiger partial charge is 0.441 e. The fourth-order valence-electron chi connectivity index (χ4n) is 4.27. The summed E-state index contributed by atoms with van der Waals surface area (Å²) in [7, 11) is 2.17. The lowest BCUT2D eigenvalue weighted by atomic mass is 9.94. The molecular weight excluding hydrogens is 374 g/mol. The van der Waals surface area contributed by atoms with E-state index in [4.69, 9.17) is 4.42 Å². The second kappa shape index (κ2) is 9.90. The van der Waals surface area contributed by atoms with Crippen molar-refractivity contribution in [2.24, 2.45) is 0 Å². The van der Waals surface area contributed by atoms with Crippen molar-refractivity contribution in [1.29, 1.82) is 0 Å². The Hall–Kier alpha value is -2.66. The third-order valence-electron chi connectivity index (χ3n) is 6.11. The molecule has 5 heteroatoms. The normalized spacial score (nSPS) is 15.0. The molecule has 3 aromatic rings. The van der Waals surface area contributed by atoms with Gasteiger partial charge in [0.15, 0.2) is 11.5 Å². The number of likely N-dealkylation sites (N-methyl/N-ethyl adjacent to an activating group) is 1. The van der Waals surface area contributed by atoms with E-state index in [0.717, 1.165) is 24.9 Å². The number of benzene rings is 2. The van der Waals surface area contributed by atoms with Gasteiger partial charge in [0, 0.05) is 31.1 Å². The van der Waals surface area contributed by atoms with Crippen molar-refractivity contribution in [2.75, 3.05) is 20.1 Å². The molecule has 5 nitrogen and oxygen atoms in total. The number of carbonyl (C=O) groups excluding carboxylic acids is 1.